The van der Waals surface area contributed by atoms with Crippen molar-refractivity contribution in [2.75, 3.05) is 4.90 Å². The summed E-state index contributed by atoms with van der Waals surface area (Å²) in [6.07, 6.45) is 1.03. The van der Waals surface area contributed by atoms with E-state index in [0.29, 0.717) is 0 Å². The van der Waals surface area contributed by atoms with Crippen LogP contribution in [-0.4, -0.2) is 0 Å². The van der Waals surface area contributed by atoms with Gasteiger partial charge in [0.15, 0.2) is 0 Å². The molecule has 0 radical (unpaired) electrons. The molecule has 0 unspecified atom stereocenters. The van der Waals surface area contributed by atoms with Gasteiger partial charge in [-0.05, 0) is 153 Å². The molecule has 47 heavy (non-hydrogen) atoms. The van der Waals surface area contributed by atoms with Crippen LogP contribution < -0.4 is 4.90 Å². The average Bonchev–Trinajstić information content (AvgIpc) is 3.06. The van der Waals surface area contributed by atoms with Gasteiger partial charge in [0, 0.05) is 29.6 Å². The highest BCUT2D eigenvalue weighted by atomic mass is 127. The molecule has 4 heteroatoms. The van der Waals surface area contributed by atoms with Gasteiger partial charge in [-0.15, -0.1) is 0 Å². The van der Waals surface area contributed by atoms with Crippen LogP contribution in [0.4, 0.5) is 17.1 Å². The van der Waals surface area contributed by atoms with E-state index in [-0.39, 0.29) is 0 Å². The summed E-state index contributed by atoms with van der Waals surface area (Å²) in [5, 5.41) is 0. The lowest BCUT2D eigenvalue weighted by molar-refractivity contribution is 1.18. The second-order valence-corrected chi connectivity index (χ2v) is 14.9. The topological polar surface area (TPSA) is 3.24 Å². The second-order valence-electron chi connectivity index (χ2n) is 12.0. The fourth-order valence-electron chi connectivity index (χ4n) is 4.86. The van der Waals surface area contributed by atoms with Crippen molar-refractivity contribution in [3.63, 3.8) is 0 Å². The molecule has 0 atom stereocenters. The number of nitrogens with zero attached hydrogens (tertiary/aromatic N) is 1. The predicted molar refractivity (Wildman–Crippen MR) is 220 cm³/mol. The quantitative estimate of drug-likeness (QED) is 0.156. The molecule has 0 aromatic heterocycles. The standard InChI is InChI=1S/C21H20BrN.C15H16.C7H6BrI/c1-15-4-8-18(9-5-15)23(19-10-6-16(2)7-11-19)20-12-13-21(22)17(3)14-20;1-12-3-7-14(8-4-12)11-15-9-5-13(2)6-10-15;1-5-4-6(9)2-3-7(5)8/h4-14H,1-3H3;3-10H,11H2,1-2H3;2-4H,1H3. The van der Waals surface area contributed by atoms with Crippen LogP contribution in [0.5, 0.6) is 0 Å². The third-order valence-corrected chi connectivity index (χ3v) is 10.2. The van der Waals surface area contributed by atoms with Gasteiger partial charge < -0.3 is 4.90 Å². The zero-order chi connectivity index (χ0) is 33.9. The molecule has 0 heterocycles. The van der Waals surface area contributed by atoms with Gasteiger partial charge in [-0.3, -0.25) is 0 Å². The van der Waals surface area contributed by atoms with Crippen LogP contribution in [0.25, 0.3) is 0 Å². The minimum absolute atomic E-state index is 1.03. The van der Waals surface area contributed by atoms with Crippen LogP contribution in [0.1, 0.15) is 44.5 Å². The van der Waals surface area contributed by atoms with Crippen molar-refractivity contribution in [1.29, 1.82) is 0 Å². The van der Waals surface area contributed by atoms with Crippen molar-refractivity contribution in [2.24, 2.45) is 0 Å². The summed E-state index contributed by atoms with van der Waals surface area (Å²) in [5.74, 6) is 0. The van der Waals surface area contributed by atoms with Crippen molar-refractivity contribution < 1.29 is 0 Å². The Labute approximate surface area is 312 Å². The summed E-state index contributed by atoms with van der Waals surface area (Å²) in [4.78, 5) is 2.29. The van der Waals surface area contributed by atoms with Crippen molar-refractivity contribution in [3.05, 3.63) is 190 Å². The van der Waals surface area contributed by atoms with Crippen LogP contribution in [0.2, 0.25) is 0 Å². The van der Waals surface area contributed by atoms with E-state index < -0.39 is 0 Å². The Hall–Kier alpha value is -3.19. The normalized spacial score (nSPS) is 10.3. The summed E-state index contributed by atoms with van der Waals surface area (Å²) in [6.45, 7) is 12.7. The molecule has 0 aliphatic heterocycles. The van der Waals surface area contributed by atoms with Crippen LogP contribution in [0, 0.1) is 45.1 Å². The van der Waals surface area contributed by atoms with Crippen molar-refractivity contribution >= 4 is 71.5 Å². The number of rotatable bonds is 5. The smallest absolute Gasteiger partial charge is 0.0465 e. The highest BCUT2D eigenvalue weighted by Gasteiger charge is 2.13. The lowest BCUT2D eigenvalue weighted by Crippen LogP contribution is -2.10. The summed E-state index contributed by atoms with van der Waals surface area (Å²) < 4.78 is 3.60. The molecule has 0 saturated carbocycles. The first-order valence-electron chi connectivity index (χ1n) is 15.7. The molecule has 6 rings (SSSR count). The van der Waals surface area contributed by atoms with E-state index in [1.165, 1.54) is 69.6 Å². The van der Waals surface area contributed by atoms with E-state index in [2.05, 4.69) is 234 Å². The molecule has 0 N–H and O–H groups in total. The molecular weight excluding hydrogens is 817 g/mol. The molecule has 0 saturated heterocycles. The third kappa shape index (κ3) is 11.5. The lowest BCUT2D eigenvalue weighted by atomic mass is 10.0. The van der Waals surface area contributed by atoms with Crippen LogP contribution in [-0.2, 0) is 6.42 Å². The third-order valence-electron chi connectivity index (χ3n) is 7.75. The van der Waals surface area contributed by atoms with Crippen LogP contribution in [0.3, 0.4) is 0 Å². The van der Waals surface area contributed by atoms with Gasteiger partial charge in [0.25, 0.3) is 0 Å². The molecule has 0 aliphatic rings. The van der Waals surface area contributed by atoms with E-state index in [1.54, 1.807) is 0 Å². The molecule has 0 aliphatic carbocycles. The minimum atomic E-state index is 1.03. The molecule has 6 aromatic carbocycles. The molecule has 0 amide bonds. The van der Waals surface area contributed by atoms with Crippen LogP contribution in [0.15, 0.2) is 142 Å². The SMILES string of the molecule is Cc1cc(I)ccc1Br.Cc1ccc(Cc2ccc(C)cc2)cc1.Cc1ccc(N(c2ccc(C)cc2)c2ccc(Br)c(C)c2)cc1. The summed E-state index contributed by atoms with van der Waals surface area (Å²) >= 11 is 9.32. The molecule has 240 valence electrons. The first kappa shape index (κ1) is 36.6. The predicted octanol–water partition coefficient (Wildman–Crippen LogP) is 14.1. The zero-order valence-electron chi connectivity index (χ0n) is 28.0. The van der Waals surface area contributed by atoms with Crippen molar-refractivity contribution in [2.45, 2.75) is 48.0 Å². The highest BCUT2D eigenvalue weighted by molar-refractivity contribution is 14.1. The number of hydrogen-bond acceptors (Lipinski definition) is 1. The van der Waals surface area contributed by atoms with E-state index in [9.17, 15) is 0 Å². The Morgan fingerprint density at radius 2 is 0.766 bits per heavy atom. The number of benzene rings is 6. The molecule has 6 aromatic rings. The maximum absolute atomic E-state index is 3.59. The minimum Gasteiger partial charge on any atom is -0.310 e. The fourth-order valence-corrected chi connectivity index (χ4v) is 6.00. The largest absolute Gasteiger partial charge is 0.310 e. The monoisotopic (exact) mass is 857 g/mol. The number of hydrogen-bond donors (Lipinski definition) is 0. The Kier molecular flexibility index (Phi) is 13.9. The first-order chi connectivity index (χ1) is 22.5. The maximum atomic E-state index is 3.59. The number of halogens is 3. The van der Waals surface area contributed by atoms with Crippen molar-refractivity contribution in [3.8, 4) is 0 Å². The van der Waals surface area contributed by atoms with E-state index in [4.69, 9.17) is 0 Å². The molecule has 0 spiro atoms. The molecule has 0 bridgehead atoms. The Morgan fingerprint density at radius 3 is 1.13 bits per heavy atom. The Bertz CT molecular complexity index is 1770. The van der Waals surface area contributed by atoms with Crippen molar-refractivity contribution in [1.82, 2.24) is 0 Å². The van der Waals surface area contributed by atoms with E-state index >= 15 is 0 Å². The molecule has 1 nitrogen and oxygen atoms in total. The average molecular weight is 860 g/mol. The van der Waals surface area contributed by atoms with Gasteiger partial charge >= 0.3 is 0 Å². The van der Waals surface area contributed by atoms with Gasteiger partial charge in [0.05, 0.1) is 0 Å². The second kappa shape index (κ2) is 17.8. The van der Waals surface area contributed by atoms with Crippen LogP contribution >= 0.6 is 54.5 Å². The van der Waals surface area contributed by atoms with E-state index in [0.717, 1.165) is 10.9 Å². The maximum Gasteiger partial charge on any atom is 0.0465 e. The van der Waals surface area contributed by atoms with Gasteiger partial charge in [-0.1, -0.05) is 127 Å². The van der Waals surface area contributed by atoms with Gasteiger partial charge in [-0.25, -0.2) is 0 Å². The van der Waals surface area contributed by atoms with Gasteiger partial charge in [-0.2, -0.15) is 0 Å². The molecule has 0 fully saturated rings. The molecular formula is C43H42Br2IN. The van der Waals surface area contributed by atoms with Gasteiger partial charge in [0.1, 0.15) is 0 Å². The zero-order valence-corrected chi connectivity index (χ0v) is 33.3. The summed E-state index contributed by atoms with van der Waals surface area (Å²) in [7, 11) is 0. The number of aryl methyl sites for hydroxylation is 6. The fraction of sp³-hybridized carbons (Fsp3) is 0.163. The summed E-state index contributed by atoms with van der Waals surface area (Å²) in [5.41, 5.74) is 14.0. The summed E-state index contributed by atoms with van der Waals surface area (Å²) in [6, 6.07) is 47.6. The van der Waals surface area contributed by atoms with E-state index in [1.807, 2.05) is 0 Å². The first-order valence-corrected chi connectivity index (χ1v) is 18.4. The van der Waals surface area contributed by atoms with Gasteiger partial charge in [0.2, 0.25) is 0 Å². The highest BCUT2D eigenvalue weighted by Crippen LogP contribution is 2.36. The Morgan fingerprint density at radius 1 is 0.426 bits per heavy atom. The number of anilines is 3. The lowest BCUT2D eigenvalue weighted by Gasteiger charge is -2.26. The Balaban J connectivity index is 0.000000178.